The van der Waals surface area contributed by atoms with Crippen molar-refractivity contribution in [3.63, 3.8) is 0 Å². The molecule has 2 N–H and O–H groups in total. The Morgan fingerprint density at radius 1 is 1.75 bits per heavy atom. The first-order valence-electron chi connectivity index (χ1n) is 5.09. The van der Waals surface area contributed by atoms with Crippen LogP contribution in [0.3, 0.4) is 0 Å². The maximum absolute atomic E-state index is 11.7. The number of hydrogen-bond donors (Lipinski definition) is 2. The minimum Gasteiger partial charge on any atom is -0.390 e. The summed E-state index contributed by atoms with van der Waals surface area (Å²) in [6.07, 6.45) is 3.07. The summed E-state index contributed by atoms with van der Waals surface area (Å²) in [7, 11) is 1.58. The third-order valence-electron chi connectivity index (χ3n) is 2.31. The first-order valence-corrected chi connectivity index (χ1v) is 5.09. The number of aliphatic hydroxyl groups excluding tert-OH is 1. The first-order chi connectivity index (χ1) is 7.70. The lowest BCUT2D eigenvalue weighted by Crippen LogP contribution is -2.33. The van der Waals surface area contributed by atoms with Crippen LogP contribution < -0.4 is 5.32 Å². The molecule has 1 atom stereocenters. The van der Waals surface area contributed by atoms with Crippen LogP contribution in [0.2, 0.25) is 0 Å². The molecule has 1 heterocycles. The molecule has 90 valence electrons. The summed E-state index contributed by atoms with van der Waals surface area (Å²) in [5, 5.41) is 11.8. The molecular formula is C10H17N3O3. The van der Waals surface area contributed by atoms with Gasteiger partial charge < -0.3 is 19.7 Å². The summed E-state index contributed by atoms with van der Waals surface area (Å²) in [6.45, 7) is 2.58. The van der Waals surface area contributed by atoms with E-state index in [0.717, 1.165) is 0 Å². The molecule has 1 rings (SSSR count). The number of carbonyl (C=O) groups excluding carboxylic acids is 1. The third-order valence-corrected chi connectivity index (χ3v) is 2.31. The summed E-state index contributed by atoms with van der Waals surface area (Å²) in [5.74, 6) is -0.121. The van der Waals surface area contributed by atoms with Gasteiger partial charge in [0.05, 0.1) is 31.4 Å². The second-order valence-electron chi connectivity index (χ2n) is 3.41. The van der Waals surface area contributed by atoms with Crippen molar-refractivity contribution >= 4 is 5.91 Å². The van der Waals surface area contributed by atoms with Crippen molar-refractivity contribution < 1.29 is 14.6 Å². The number of nitrogens with one attached hydrogen (secondary N) is 1. The van der Waals surface area contributed by atoms with Crippen LogP contribution in [0.15, 0.2) is 12.5 Å². The van der Waals surface area contributed by atoms with E-state index in [1.807, 2.05) is 0 Å². The summed E-state index contributed by atoms with van der Waals surface area (Å²) in [4.78, 5) is 15.6. The Balaban J connectivity index is 2.56. The van der Waals surface area contributed by atoms with Crippen molar-refractivity contribution in [2.45, 2.75) is 19.6 Å². The van der Waals surface area contributed by atoms with Gasteiger partial charge in [0.1, 0.15) is 6.04 Å². The highest BCUT2D eigenvalue weighted by Crippen LogP contribution is 2.09. The quantitative estimate of drug-likeness (QED) is 0.654. The van der Waals surface area contributed by atoms with Crippen molar-refractivity contribution in [3.8, 4) is 0 Å². The van der Waals surface area contributed by atoms with Gasteiger partial charge in [-0.15, -0.1) is 0 Å². The van der Waals surface area contributed by atoms with Crippen molar-refractivity contribution in [3.05, 3.63) is 18.2 Å². The SMILES string of the molecule is COCCNC(=O)C(C)n1cncc1CO. The molecule has 0 radical (unpaired) electrons. The Morgan fingerprint density at radius 2 is 2.50 bits per heavy atom. The molecule has 1 amide bonds. The predicted molar refractivity (Wildman–Crippen MR) is 57.7 cm³/mol. The number of nitrogens with zero attached hydrogens (tertiary/aromatic N) is 2. The molecule has 0 aliphatic rings. The molecular weight excluding hydrogens is 210 g/mol. The monoisotopic (exact) mass is 227 g/mol. The van der Waals surface area contributed by atoms with E-state index in [0.29, 0.717) is 18.8 Å². The van der Waals surface area contributed by atoms with Gasteiger partial charge in [0, 0.05) is 13.7 Å². The van der Waals surface area contributed by atoms with Gasteiger partial charge in [-0.1, -0.05) is 0 Å². The van der Waals surface area contributed by atoms with Gasteiger partial charge in [-0.05, 0) is 6.92 Å². The Labute approximate surface area is 94.2 Å². The molecule has 0 aromatic carbocycles. The van der Waals surface area contributed by atoms with Crippen molar-refractivity contribution in [1.29, 1.82) is 0 Å². The van der Waals surface area contributed by atoms with Crippen molar-refractivity contribution in [2.24, 2.45) is 0 Å². The fraction of sp³-hybridized carbons (Fsp3) is 0.600. The van der Waals surface area contributed by atoms with Crippen molar-refractivity contribution in [1.82, 2.24) is 14.9 Å². The average Bonchev–Trinajstić information content (AvgIpc) is 2.76. The molecule has 0 fully saturated rings. The topological polar surface area (TPSA) is 76.4 Å². The van der Waals surface area contributed by atoms with E-state index in [2.05, 4.69) is 10.3 Å². The lowest BCUT2D eigenvalue weighted by atomic mass is 10.3. The van der Waals surface area contributed by atoms with Crippen LogP contribution in [-0.4, -0.2) is 40.8 Å². The molecule has 1 aromatic heterocycles. The molecule has 0 spiro atoms. The third kappa shape index (κ3) is 3.04. The second-order valence-corrected chi connectivity index (χ2v) is 3.41. The number of rotatable bonds is 6. The van der Waals surface area contributed by atoms with Crippen LogP contribution in [-0.2, 0) is 16.1 Å². The lowest BCUT2D eigenvalue weighted by Gasteiger charge is -2.15. The number of ether oxygens (including phenoxy) is 1. The Morgan fingerprint density at radius 3 is 3.12 bits per heavy atom. The summed E-state index contributed by atoms with van der Waals surface area (Å²) in [6, 6.07) is -0.387. The number of imidazole rings is 1. The molecule has 1 unspecified atom stereocenters. The van der Waals surface area contributed by atoms with E-state index in [-0.39, 0.29) is 18.6 Å². The summed E-state index contributed by atoms with van der Waals surface area (Å²) < 4.78 is 6.47. The lowest BCUT2D eigenvalue weighted by molar-refractivity contribution is -0.124. The first kappa shape index (κ1) is 12.7. The molecule has 0 saturated heterocycles. The highest BCUT2D eigenvalue weighted by molar-refractivity contribution is 5.79. The average molecular weight is 227 g/mol. The molecule has 0 aliphatic carbocycles. The smallest absolute Gasteiger partial charge is 0.242 e. The van der Waals surface area contributed by atoms with Gasteiger partial charge in [0.2, 0.25) is 5.91 Å². The van der Waals surface area contributed by atoms with Crippen molar-refractivity contribution in [2.75, 3.05) is 20.3 Å². The number of aliphatic hydroxyl groups is 1. The summed E-state index contributed by atoms with van der Waals surface area (Å²) in [5.41, 5.74) is 0.620. The Kier molecular flexibility index (Phi) is 4.94. The zero-order chi connectivity index (χ0) is 12.0. The molecule has 1 aromatic rings. The van der Waals surface area contributed by atoms with Gasteiger partial charge >= 0.3 is 0 Å². The maximum atomic E-state index is 11.7. The van der Waals surface area contributed by atoms with Gasteiger partial charge in [-0.2, -0.15) is 0 Å². The number of aromatic nitrogens is 2. The van der Waals surface area contributed by atoms with E-state index < -0.39 is 0 Å². The van der Waals surface area contributed by atoms with Crippen LogP contribution >= 0.6 is 0 Å². The minimum absolute atomic E-state index is 0.121. The van der Waals surface area contributed by atoms with E-state index in [1.165, 1.54) is 6.33 Å². The van der Waals surface area contributed by atoms with Crippen LogP contribution in [0.25, 0.3) is 0 Å². The minimum atomic E-state index is -0.387. The number of methoxy groups -OCH3 is 1. The van der Waals surface area contributed by atoms with Gasteiger partial charge in [0.15, 0.2) is 0 Å². The van der Waals surface area contributed by atoms with E-state index in [4.69, 9.17) is 9.84 Å². The molecule has 0 aliphatic heterocycles. The standard InChI is InChI=1S/C10H17N3O3/c1-8(10(15)12-3-4-16-2)13-7-11-5-9(13)6-14/h5,7-8,14H,3-4,6H2,1-2H3,(H,12,15). The highest BCUT2D eigenvalue weighted by Gasteiger charge is 2.16. The van der Waals surface area contributed by atoms with Crippen LogP contribution in [0.1, 0.15) is 18.7 Å². The Hall–Kier alpha value is -1.40. The normalized spacial score (nSPS) is 12.4. The molecule has 0 bridgehead atoms. The summed E-state index contributed by atoms with van der Waals surface area (Å²) >= 11 is 0. The second kappa shape index (κ2) is 6.24. The van der Waals surface area contributed by atoms with Gasteiger partial charge in [-0.25, -0.2) is 4.98 Å². The number of carbonyl (C=O) groups is 1. The van der Waals surface area contributed by atoms with Crippen LogP contribution in [0.4, 0.5) is 0 Å². The van der Waals surface area contributed by atoms with Gasteiger partial charge in [0.25, 0.3) is 0 Å². The fourth-order valence-corrected chi connectivity index (χ4v) is 1.35. The molecule has 0 saturated carbocycles. The van der Waals surface area contributed by atoms with E-state index in [9.17, 15) is 4.79 Å². The predicted octanol–water partition coefficient (Wildman–Crippen LogP) is -0.301. The maximum Gasteiger partial charge on any atom is 0.242 e. The van der Waals surface area contributed by atoms with E-state index in [1.54, 1.807) is 24.8 Å². The largest absolute Gasteiger partial charge is 0.390 e. The zero-order valence-electron chi connectivity index (χ0n) is 9.51. The molecule has 6 heteroatoms. The molecule has 6 nitrogen and oxygen atoms in total. The van der Waals surface area contributed by atoms with Crippen LogP contribution in [0.5, 0.6) is 0 Å². The van der Waals surface area contributed by atoms with Crippen LogP contribution in [0, 0.1) is 0 Å². The highest BCUT2D eigenvalue weighted by atomic mass is 16.5. The Bertz CT molecular complexity index is 338. The number of amides is 1. The fourth-order valence-electron chi connectivity index (χ4n) is 1.35. The van der Waals surface area contributed by atoms with Gasteiger partial charge in [-0.3, -0.25) is 4.79 Å². The zero-order valence-corrected chi connectivity index (χ0v) is 9.51. The van der Waals surface area contributed by atoms with E-state index >= 15 is 0 Å². The molecule has 16 heavy (non-hydrogen) atoms. The number of hydrogen-bond acceptors (Lipinski definition) is 4.